The molecule has 1 unspecified atom stereocenters. The lowest BCUT2D eigenvalue weighted by Crippen LogP contribution is -2.43. The topological polar surface area (TPSA) is 77.1 Å². The molecule has 3 aromatic rings. The number of carbonyl (C=O) groups excluding carboxylic acids is 2. The number of aryl methyl sites for hydroxylation is 1. The summed E-state index contributed by atoms with van der Waals surface area (Å²) in [5.74, 6) is 0.988. The number of amides is 2. The Morgan fingerprint density at radius 3 is 2.69 bits per heavy atom. The molecule has 0 aliphatic carbocycles. The third-order valence-corrected chi connectivity index (χ3v) is 6.93. The maximum atomic E-state index is 13.9. The summed E-state index contributed by atoms with van der Waals surface area (Å²) in [5, 5.41) is 2.84. The van der Waals surface area contributed by atoms with E-state index in [1.54, 1.807) is 24.0 Å². The highest BCUT2D eigenvalue weighted by molar-refractivity contribution is 6.11. The van der Waals surface area contributed by atoms with E-state index in [-0.39, 0.29) is 25.2 Å². The fraction of sp³-hybridized carbons (Fsp3) is 0.259. The summed E-state index contributed by atoms with van der Waals surface area (Å²) < 4.78 is 30.6. The Morgan fingerprint density at radius 2 is 1.83 bits per heavy atom. The average Bonchev–Trinajstić information content (AvgIpc) is 3.54. The molecule has 3 aliphatic heterocycles. The molecule has 0 radical (unpaired) electrons. The Hall–Kier alpha value is -4.07. The van der Waals surface area contributed by atoms with Gasteiger partial charge in [-0.2, -0.15) is 0 Å². The summed E-state index contributed by atoms with van der Waals surface area (Å²) in [6, 6.07) is 15.5. The predicted octanol–water partition coefficient (Wildman–Crippen LogP) is 3.71. The van der Waals surface area contributed by atoms with Gasteiger partial charge < -0.3 is 24.4 Å². The largest absolute Gasteiger partial charge is 0.491 e. The van der Waals surface area contributed by atoms with E-state index in [4.69, 9.17) is 14.2 Å². The molecule has 178 valence electrons. The normalized spacial score (nSPS) is 19.0. The van der Waals surface area contributed by atoms with Crippen LogP contribution in [0.25, 0.3) is 0 Å². The van der Waals surface area contributed by atoms with Crippen molar-refractivity contribution >= 4 is 17.5 Å². The van der Waals surface area contributed by atoms with Gasteiger partial charge in [0.25, 0.3) is 5.91 Å². The number of halogens is 1. The molecule has 1 atom stereocenters. The molecule has 3 heterocycles. The van der Waals surface area contributed by atoms with E-state index in [0.717, 1.165) is 16.8 Å². The first-order valence-corrected chi connectivity index (χ1v) is 11.5. The Morgan fingerprint density at radius 1 is 1.03 bits per heavy atom. The van der Waals surface area contributed by atoms with Crippen molar-refractivity contribution in [3.8, 4) is 17.2 Å². The fourth-order valence-electron chi connectivity index (χ4n) is 5.16. The quantitative estimate of drug-likeness (QED) is 0.571. The standard InChI is InChI=1S/C27H23FN2O5/c1-16-7-8-17(28)11-18(16)25(31)29-9-4-10-30-21-6-3-2-5-19(21)27(26(30)32)14-33-22-13-24-23(12-20(22)27)34-15-35-24/h2-3,5-8,11-13H,4,9-10,14-15H2,1H3,(H,29,31). The lowest BCUT2D eigenvalue weighted by atomic mass is 9.77. The first-order valence-electron chi connectivity index (χ1n) is 11.5. The number of hydrogen-bond acceptors (Lipinski definition) is 5. The highest BCUT2D eigenvalue weighted by Crippen LogP contribution is 2.54. The van der Waals surface area contributed by atoms with Crippen molar-refractivity contribution in [1.29, 1.82) is 0 Å². The van der Waals surface area contributed by atoms with E-state index in [0.29, 0.717) is 47.9 Å². The van der Waals surface area contributed by atoms with E-state index >= 15 is 0 Å². The van der Waals surface area contributed by atoms with Crippen LogP contribution in [-0.2, 0) is 10.2 Å². The molecule has 1 N–H and O–H groups in total. The molecule has 0 aromatic heterocycles. The van der Waals surface area contributed by atoms with Crippen molar-refractivity contribution in [3.05, 3.63) is 82.7 Å². The van der Waals surface area contributed by atoms with Crippen LogP contribution in [0.1, 0.15) is 33.5 Å². The summed E-state index contributed by atoms with van der Waals surface area (Å²) in [5.41, 5.74) is 2.56. The van der Waals surface area contributed by atoms with Gasteiger partial charge in [0.2, 0.25) is 12.7 Å². The van der Waals surface area contributed by atoms with Crippen LogP contribution in [0.3, 0.4) is 0 Å². The van der Waals surface area contributed by atoms with Crippen LogP contribution in [-0.4, -0.2) is 38.3 Å². The van der Waals surface area contributed by atoms with Gasteiger partial charge in [0.15, 0.2) is 11.5 Å². The molecular weight excluding hydrogens is 451 g/mol. The predicted molar refractivity (Wildman–Crippen MR) is 126 cm³/mol. The Bertz CT molecular complexity index is 1370. The molecule has 8 heteroatoms. The second-order valence-electron chi connectivity index (χ2n) is 8.94. The summed E-state index contributed by atoms with van der Waals surface area (Å²) in [6.45, 7) is 2.87. The maximum absolute atomic E-state index is 13.9. The van der Waals surface area contributed by atoms with Gasteiger partial charge in [-0.3, -0.25) is 9.59 Å². The van der Waals surface area contributed by atoms with Gasteiger partial charge in [-0.25, -0.2) is 4.39 Å². The van der Waals surface area contributed by atoms with Gasteiger partial charge in [0.05, 0.1) is 0 Å². The Labute approximate surface area is 201 Å². The molecule has 35 heavy (non-hydrogen) atoms. The minimum Gasteiger partial charge on any atom is -0.491 e. The monoisotopic (exact) mass is 474 g/mol. The lowest BCUT2D eigenvalue weighted by Gasteiger charge is -2.23. The number of carbonyl (C=O) groups is 2. The Balaban J connectivity index is 1.22. The highest BCUT2D eigenvalue weighted by atomic mass is 19.1. The van der Waals surface area contributed by atoms with Gasteiger partial charge >= 0.3 is 0 Å². The number of nitrogens with zero attached hydrogens (tertiary/aromatic N) is 1. The average molecular weight is 474 g/mol. The van der Waals surface area contributed by atoms with Crippen LogP contribution in [0.4, 0.5) is 10.1 Å². The molecule has 0 saturated carbocycles. The number of hydrogen-bond donors (Lipinski definition) is 1. The van der Waals surface area contributed by atoms with Gasteiger partial charge in [-0.15, -0.1) is 0 Å². The van der Waals surface area contributed by atoms with Gasteiger partial charge in [-0.05, 0) is 48.7 Å². The molecule has 0 saturated heterocycles. The van der Waals surface area contributed by atoms with E-state index in [9.17, 15) is 14.0 Å². The van der Waals surface area contributed by atoms with Crippen LogP contribution in [0.2, 0.25) is 0 Å². The number of rotatable bonds is 5. The maximum Gasteiger partial charge on any atom is 0.251 e. The van der Waals surface area contributed by atoms with Crippen molar-refractivity contribution in [2.75, 3.05) is 31.4 Å². The van der Waals surface area contributed by atoms with Gasteiger partial charge in [0, 0.05) is 36.0 Å². The van der Waals surface area contributed by atoms with Crippen molar-refractivity contribution in [3.63, 3.8) is 0 Å². The molecule has 0 bridgehead atoms. The molecule has 1 spiro atoms. The number of fused-ring (bicyclic) bond motifs is 5. The zero-order chi connectivity index (χ0) is 24.2. The lowest BCUT2D eigenvalue weighted by molar-refractivity contribution is -0.122. The van der Waals surface area contributed by atoms with Gasteiger partial charge in [-0.1, -0.05) is 24.3 Å². The van der Waals surface area contributed by atoms with Crippen molar-refractivity contribution < 1.29 is 28.2 Å². The second kappa shape index (κ2) is 8.01. The van der Waals surface area contributed by atoms with Crippen molar-refractivity contribution in [2.24, 2.45) is 0 Å². The first-order chi connectivity index (χ1) is 17.0. The third kappa shape index (κ3) is 3.24. The number of para-hydroxylation sites is 1. The second-order valence-corrected chi connectivity index (χ2v) is 8.94. The van der Waals surface area contributed by atoms with Crippen LogP contribution < -0.4 is 24.4 Å². The zero-order valence-electron chi connectivity index (χ0n) is 19.1. The summed E-state index contributed by atoms with van der Waals surface area (Å²) in [6.07, 6.45) is 0.533. The zero-order valence-corrected chi connectivity index (χ0v) is 19.1. The van der Waals surface area contributed by atoms with E-state index in [2.05, 4.69) is 5.32 Å². The van der Waals surface area contributed by atoms with Crippen molar-refractivity contribution in [2.45, 2.75) is 18.8 Å². The summed E-state index contributed by atoms with van der Waals surface area (Å²) >= 11 is 0. The molecule has 6 rings (SSSR count). The first kappa shape index (κ1) is 21.5. The minimum atomic E-state index is -0.950. The molecule has 7 nitrogen and oxygen atoms in total. The molecule has 3 aromatic carbocycles. The Kier molecular flexibility index (Phi) is 4.91. The molecule has 2 amide bonds. The number of anilines is 1. The van der Waals surface area contributed by atoms with E-state index in [1.807, 2.05) is 30.3 Å². The molecule has 3 aliphatic rings. The fourth-order valence-corrected chi connectivity index (χ4v) is 5.16. The van der Waals surface area contributed by atoms with Crippen molar-refractivity contribution in [1.82, 2.24) is 5.32 Å². The molecule has 0 fully saturated rings. The van der Waals surface area contributed by atoms with Crippen LogP contribution in [0.15, 0.2) is 54.6 Å². The summed E-state index contributed by atoms with van der Waals surface area (Å²) in [7, 11) is 0. The number of ether oxygens (including phenoxy) is 3. The van der Waals surface area contributed by atoms with Gasteiger partial charge in [0.1, 0.15) is 23.6 Å². The number of benzene rings is 3. The van der Waals surface area contributed by atoms with E-state index < -0.39 is 11.2 Å². The van der Waals surface area contributed by atoms with E-state index in [1.165, 1.54) is 12.1 Å². The van der Waals surface area contributed by atoms with Crippen LogP contribution in [0.5, 0.6) is 17.2 Å². The highest BCUT2D eigenvalue weighted by Gasteiger charge is 2.57. The smallest absolute Gasteiger partial charge is 0.251 e. The SMILES string of the molecule is Cc1ccc(F)cc1C(=O)NCCCN1C(=O)C2(COc3cc4c(cc32)OCO4)c2ccccc21. The van der Waals surface area contributed by atoms with Crippen LogP contribution in [0, 0.1) is 12.7 Å². The molecular formula is C27H23FN2O5. The van der Waals surface area contributed by atoms with Crippen LogP contribution >= 0.6 is 0 Å². The minimum absolute atomic E-state index is 0.0661. The summed E-state index contributed by atoms with van der Waals surface area (Å²) in [4.78, 5) is 28.2. The number of nitrogens with one attached hydrogen (secondary N) is 1. The third-order valence-electron chi connectivity index (χ3n) is 6.93.